The van der Waals surface area contributed by atoms with Crippen LogP contribution in [0.25, 0.3) is 0 Å². The first-order valence-corrected chi connectivity index (χ1v) is 15.2. The van der Waals surface area contributed by atoms with Gasteiger partial charge < -0.3 is 20.7 Å². The lowest BCUT2D eigenvalue weighted by molar-refractivity contribution is -0.146. The molecule has 2 heterocycles. The predicted octanol–water partition coefficient (Wildman–Crippen LogP) is 2.62. The number of hydrogen-bond acceptors (Lipinski definition) is 7. The number of fused-ring (bicyclic) bond motifs is 2. The molecule has 1 saturated carbocycles. The number of carbonyl (C=O) groups is 4. The second-order valence-electron chi connectivity index (χ2n) is 10.1. The van der Waals surface area contributed by atoms with Crippen molar-refractivity contribution in [1.82, 2.24) is 14.9 Å². The number of rotatable bonds is 5. The van der Waals surface area contributed by atoms with Crippen LogP contribution in [0.2, 0.25) is 10.0 Å². The van der Waals surface area contributed by atoms with Gasteiger partial charge >= 0.3 is 16.3 Å². The SMILES string of the molecule is NC(=O)OC1CCCCC/C=C\C2CC2(C(=O)NS(=O)(=O)Nc2ccc(Cl)c(Cl)c2)NC(=O)C2CCCN2C1=O. The lowest BCUT2D eigenvalue weighted by Gasteiger charge is -2.29. The van der Waals surface area contributed by atoms with Gasteiger partial charge in [0.05, 0.1) is 15.7 Å². The maximum absolute atomic E-state index is 13.4. The van der Waals surface area contributed by atoms with E-state index < -0.39 is 57.6 Å². The summed E-state index contributed by atoms with van der Waals surface area (Å²) in [6.07, 6.45) is 5.62. The van der Waals surface area contributed by atoms with Crippen LogP contribution in [0, 0.1) is 5.92 Å². The Bertz CT molecular complexity index is 1320. The molecular weight excluding hydrogens is 585 g/mol. The molecule has 0 bridgehead atoms. The Labute approximate surface area is 242 Å². The van der Waals surface area contributed by atoms with E-state index in [2.05, 4.69) is 10.0 Å². The number of carbonyl (C=O) groups excluding carboxylic acids is 4. The summed E-state index contributed by atoms with van der Waals surface area (Å²) in [5.74, 6) is -2.49. The first kappa shape index (κ1) is 29.9. The molecule has 0 radical (unpaired) electrons. The minimum atomic E-state index is -4.40. The van der Waals surface area contributed by atoms with Gasteiger partial charge in [-0.15, -0.1) is 0 Å². The molecule has 12 nitrogen and oxygen atoms in total. The van der Waals surface area contributed by atoms with Gasteiger partial charge in [0.15, 0.2) is 6.10 Å². The van der Waals surface area contributed by atoms with E-state index in [0.29, 0.717) is 25.7 Å². The summed E-state index contributed by atoms with van der Waals surface area (Å²) in [6, 6.07) is 3.16. The van der Waals surface area contributed by atoms with E-state index >= 15 is 0 Å². The van der Waals surface area contributed by atoms with Crippen molar-refractivity contribution in [2.75, 3.05) is 11.3 Å². The molecule has 2 aliphatic heterocycles. The van der Waals surface area contributed by atoms with E-state index in [1.54, 1.807) is 6.08 Å². The first-order valence-electron chi connectivity index (χ1n) is 13.0. The zero-order valence-electron chi connectivity index (χ0n) is 21.5. The fourth-order valence-corrected chi connectivity index (χ4v) is 6.34. The van der Waals surface area contributed by atoms with Gasteiger partial charge in [-0.2, -0.15) is 8.42 Å². The summed E-state index contributed by atoms with van der Waals surface area (Å²) in [4.78, 5) is 52.9. The van der Waals surface area contributed by atoms with Crippen LogP contribution in [-0.4, -0.2) is 61.4 Å². The van der Waals surface area contributed by atoms with Crippen LogP contribution >= 0.6 is 23.2 Å². The van der Waals surface area contributed by atoms with Crippen molar-refractivity contribution < 1.29 is 32.3 Å². The number of nitrogens with one attached hydrogen (secondary N) is 3. The highest BCUT2D eigenvalue weighted by Gasteiger charge is 2.61. The normalized spacial score (nSPS) is 28.1. The third-order valence-corrected chi connectivity index (χ3v) is 8.94. The Balaban J connectivity index is 1.55. The molecule has 4 rings (SSSR count). The van der Waals surface area contributed by atoms with Gasteiger partial charge in [0.25, 0.3) is 11.8 Å². The minimum Gasteiger partial charge on any atom is -0.436 e. The molecule has 1 aromatic carbocycles. The van der Waals surface area contributed by atoms with Gasteiger partial charge in [-0.1, -0.05) is 41.8 Å². The zero-order valence-corrected chi connectivity index (χ0v) is 23.9. The van der Waals surface area contributed by atoms with Crippen LogP contribution in [-0.2, 0) is 29.3 Å². The summed E-state index contributed by atoms with van der Waals surface area (Å²) < 4.78 is 34.9. The average molecular weight is 617 g/mol. The molecule has 2 fully saturated rings. The number of hydrogen-bond donors (Lipinski definition) is 4. The molecule has 1 aliphatic carbocycles. The standard InChI is InChI=1S/C25H31Cl2N5O7S/c26-17-11-10-16(13-18(17)27)30-40(37,38)31-23(35)25-14-15(25)7-4-2-1-3-5-9-20(39-24(28)36)22(34)32-12-6-8-19(32)21(33)29-25/h4,7,10-11,13,15,19-20,30H,1-3,5-6,8-9,12,14H2,(H2,28,36)(H,29,33)(H,31,35)/b7-4-. The summed E-state index contributed by atoms with van der Waals surface area (Å²) in [6.45, 7) is 0.264. The summed E-state index contributed by atoms with van der Waals surface area (Å²) in [5.41, 5.74) is 3.74. The largest absolute Gasteiger partial charge is 0.436 e. The second-order valence-corrected chi connectivity index (χ2v) is 12.3. The lowest BCUT2D eigenvalue weighted by Crippen LogP contribution is -2.57. The Hall–Kier alpha value is -3.03. The highest BCUT2D eigenvalue weighted by molar-refractivity contribution is 7.91. The zero-order chi connectivity index (χ0) is 29.1. The fourth-order valence-electron chi connectivity index (χ4n) is 5.13. The number of benzene rings is 1. The summed E-state index contributed by atoms with van der Waals surface area (Å²) in [7, 11) is -4.40. The van der Waals surface area contributed by atoms with Crippen LogP contribution in [0.5, 0.6) is 0 Å². The van der Waals surface area contributed by atoms with Gasteiger partial charge in [-0.25, -0.2) is 9.52 Å². The topological polar surface area (TPSA) is 177 Å². The molecule has 5 N–H and O–H groups in total. The number of ether oxygens (including phenoxy) is 1. The van der Waals surface area contributed by atoms with Crippen molar-refractivity contribution in [2.45, 2.75) is 69.1 Å². The van der Waals surface area contributed by atoms with E-state index in [4.69, 9.17) is 33.7 Å². The number of allylic oxidation sites excluding steroid dienone is 1. The van der Waals surface area contributed by atoms with Gasteiger partial charge in [-0.05, 0) is 63.1 Å². The number of nitrogens with two attached hydrogens (primary N) is 1. The van der Waals surface area contributed by atoms with Crippen LogP contribution in [0.4, 0.5) is 10.5 Å². The molecule has 0 spiro atoms. The average Bonchev–Trinajstić information content (AvgIpc) is 3.34. The van der Waals surface area contributed by atoms with E-state index in [-0.39, 0.29) is 35.1 Å². The summed E-state index contributed by atoms with van der Waals surface area (Å²) >= 11 is 11.8. The third-order valence-electron chi connectivity index (χ3n) is 7.24. The lowest BCUT2D eigenvalue weighted by atomic mass is 10.1. The van der Waals surface area contributed by atoms with Gasteiger partial charge in [0.1, 0.15) is 11.6 Å². The molecule has 1 aromatic rings. The quantitative estimate of drug-likeness (QED) is 0.368. The van der Waals surface area contributed by atoms with Crippen LogP contribution < -0.4 is 20.5 Å². The molecular formula is C25H31Cl2N5O7S. The highest BCUT2D eigenvalue weighted by atomic mass is 35.5. The molecule has 3 aliphatic rings. The van der Waals surface area contributed by atoms with Crippen molar-refractivity contribution in [3.63, 3.8) is 0 Å². The molecule has 4 unspecified atom stereocenters. The van der Waals surface area contributed by atoms with Crippen molar-refractivity contribution in [1.29, 1.82) is 0 Å². The maximum atomic E-state index is 13.4. The van der Waals surface area contributed by atoms with Crippen LogP contribution in [0.3, 0.4) is 0 Å². The number of amides is 4. The van der Waals surface area contributed by atoms with Crippen molar-refractivity contribution in [3.05, 3.63) is 40.4 Å². The molecule has 15 heteroatoms. The first-order chi connectivity index (χ1) is 18.9. The molecule has 4 amide bonds. The Morgan fingerprint density at radius 2 is 1.88 bits per heavy atom. The third kappa shape index (κ3) is 6.99. The van der Waals surface area contributed by atoms with Crippen LogP contribution in [0.1, 0.15) is 51.4 Å². The maximum Gasteiger partial charge on any atom is 0.405 e. The number of anilines is 1. The molecule has 218 valence electrons. The van der Waals surface area contributed by atoms with E-state index in [1.807, 2.05) is 10.8 Å². The number of nitrogens with zero attached hydrogens (tertiary/aromatic N) is 1. The van der Waals surface area contributed by atoms with Crippen molar-refractivity contribution in [2.24, 2.45) is 11.7 Å². The van der Waals surface area contributed by atoms with E-state index in [9.17, 15) is 27.6 Å². The Morgan fingerprint density at radius 3 is 2.60 bits per heavy atom. The monoisotopic (exact) mass is 615 g/mol. The van der Waals surface area contributed by atoms with E-state index in [0.717, 1.165) is 12.8 Å². The predicted molar refractivity (Wildman–Crippen MR) is 148 cm³/mol. The highest BCUT2D eigenvalue weighted by Crippen LogP contribution is 2.45. The number of halogens is 2. The Kier molecular flexibility index (Phi) is 9.16. The minimum absolute atomic E-state index is 0.0818. The fraction of sp³-hybridized carbons (Fsp3) is 0.520. The molecule has 1 saturated heterocycles. The molecule has 0 aromatic heterocycles. The van der Waals surface area contributed by atoms with Gasteiger partial charge in [0.2, 0.25) is 5.91 Å². The van der Waals surface area contributed by atoms with Crippen molar-refractivity contribution >= 4 is 62.9 Å². The van der Waals surface area contributed by atoms with Gasteiger partial charge in [0, 0.05) is 12.5 Å². The van der Waals surface area contributed by atoms with Crippen LogP contribution in [0.15, 0.2) is 30.4 Å². The molecule has 4 atom stereocenters. The second kappa shape index (κ2) is 12.2. The van der Waals surface area contributed by atoms with E-state index in [1.165, 1.54) is 23.1 Å². The molecule has 40 heavy (non-hydrogen) atoms. The van der Waals surface area contributed by atoms with Crippen molar-refractivity contribution in [3.8, 4) is 0 Å². The van der Waals surface area contributed by atoms with Gasteiger partial charge in [-0.3, -0.25) is 19.1 Å². The summed E-state index contributed by atoms with van der Waals surface area (Å²) in [5, 5.41) is 3.07. The number of primary amides is 1. The Morgan fingerprint density at radius 1 is 1.10 bits per heavy atom. The smallest absolute Gasteiger partial charge is 0.405 e.